The second-order valence-corrected chi connectivity index (χ2v) is 8.81. The van der Waals surface area contributed by atoms with Gasteiger partial charge in [0, 0.05) is 41.2 Å². The van der Waals surface area contributed by atoms with Crippen molar-refractivity contribution in [2.75, 3.05) is 24.7 Å². The number of hydrogen-bond acceptors (Lipinski definition) is 7. The van der Waals surface area contributed by atoms with Gasteiger partial charge in [0.1, 0.15) is 5.75 Å². The summed E-state index contributed by atoms with van der Waals surface area (Å²) in [4.78, 5) is 33.6. The lowest BCUT2D eigenvalue weighted by molar-refractivity contribution is -0.117. The van der Waals surface area contributed by atoms with Gasteiger partial charge in [-0.1, -0.05) is 17.8 Å². The lowest BCUT2D eigenvalue weighted by atomic mass is 10.1. The third kappa shape index (κ3) is 6.80. The summed E-state index contributed by atoms with van der Waals surface area (Å²) in [5.41, 5.74) is 3.79. The van der Waals surface area contributed by atoms with Crippen molar-refractivity contribution in [3.8, 4) is 5.75 Å². The minimum absolute atomic E-state index is 0.201. The summed E-state index contributed by atoms with van der Waals surface area (Å²) in [7, 11) is 1.65. The molecule has 0 bridgehead atoms. The third-order valence-electron chi connectivity index (χ3n) is 5.08. The number of carbonyl (C=O) groups is 1. The van der Waals surface area contributed by atoms with Crippen molar-refractivity contribution >= 4 is 40.5 Å². The van der Waals surface area contributed by atoms with Crippen molar-refractivity contribution in [2.45, 2.75) is 25.3 Å². The van der Waals surface area contributed by atoms with E-state index in [0.717, 1.165) is 38.6 Å². The molecule has 3 heterocycles. The molecule has 3 aromatic heterocycles. The topological polar surface area (TPSA) is 117 Å². The van der Waals surface area contributed by atoms with Gasteiger partial charge in [-0.15, -0.1) is 0 Å². The Hall–Kier alpha value is -3.92. The maximum absolute atomic E-state index is 12.6. The molecule has 10 heteroatoms. The van der Waals surface area contributed by atoms with E-state index in [1.54, 1.807) is 13.3 Å². The minimum Gasteiger partial charge on any atom is -0.497 e. The second kappa shape index (κ2) is 11.5. The van der Waals surface area contributed by atoms with E-state index in [-0.39, 0.29) is 11.7 Å². The summed E-state index contributed by atoms with van der Waals surface area (Å²) in [5, 5.41) is 7.79. The van der Waals surface area contributed by atoms with Crippen LogP contribution in [0.2, 0.25) is 0 Å². The fraction of sp³-hybridized carbons (Fsp3) is 0.240. The monoisotopic (exact) mass is 489 g/mol. The van der Waals surface area contributed by atoms with Crippen LogP contribution in [-0.4, -0.2) is 51.2 Å². The number of benzene rings is 1. The van der Waals surface area contributed by atoms with Crippen molar-refractivity contribution in [3.63, 3.8) is 0 Å². The molecule has 0 saturated carbocycles. The number of pyridine rings is 1. The largest absolute Gasteiger partial charge is 0.497 e. The number of carbonyl (C=O) groups excluding carboxylic acids is 1. The lowest BCUT2D eigenvalue weighted by Crippen LogP contribution is -2.38. The van der Waals surface area contributed by atoms with E-state index >= 15 is 0 Å². The number of nitrogens with zero attached hydrogens (tertiary/aromatic N) is 4. The Balaban J connectivity index is 1.47. The Kier molecular flexibility index (Phi) is 7.94. The number of hydrogen-bond donors (Lipinski definition) is 3. The van der Waals surface area contributed by atoms with Crippen molar-refractivity contribution in [3.05, 3.63) is 71.8 Å². The van der Waals surface area contributed by atoms with Crippen molar-refractivity contribution in [2.24, 2.45) is 4.99 Å². The zero-order chi connectivity index (χ0) is 24.6. The number of fused-ring (bicyclic) bond motifs is 1. The fourth-order valence-electron chi connectivity index (χ4n) is 3.52. The molecule has 1 amide bonds. The van der Waals surface area contributed by atoms with E-state index in [1.807, 2.05) is 62.5 Å². The molecule has 0 aliphatic heterocycles. The normalized spacial score (nSPS) is 11.5. The van der Waals surface area contributed by atoms with Crippen LogP contribution < -0.4 is 15.4 Å². The number of ether oxygens (including phenoxy) is 1. The first-order chi connectivity index (χ1) is 17.0. The Bertz CT molecular complexity index is 1320. The number of amides is 1. The van der Waals surface area contributed by atoms with Crippen LogP contribution in [0.4, 0.5) is 5.95 Å². The lowest BCUT2D eigenvalue weighted by Gasteiger charge is -2.11. The van der Waals surface area contributed by atoms with Crippen molar-refractivity contribution in [1.82, 2.24) is 25.3 Å². The molecule has 180 valence electrons. The predicted molar refractivity (Wildman–Crippen MR) is 139 cm³/mol. The first-order valence-electron chi connectivity index (χ1n) is 11.1. The van der Waals surface area contributed by atoms with Crippen molar-refractivity contribution in [1.29, 1.82) is 0 Å². The van der Waals surface area contributed by atoms with Crippen LogP contribution >= 0.6 is 11.8 Å². The number of nitrogens with one attached hydrogen (secondary N) is 3. The first-order valence-corrected chi connectivity index (χ1v) is 12.1. The number of methoxy groups -OCH3 is 1. The van der Waals surface area contributed by atoms with Crippen LogP contribution in [0, 0.1) is 13.8 Å². The van der Waals surface area contributed by atoms with E-state index in [9.17, 15) is 4.79 Å². The summed E-state index contributed by atoms with van der Waals surface area (Å²) >= 11 is 1.36. The molecule has 0 radical (unpaired) electrons. The standard InChI is InChI=1S/C25H27N7O2S/c1-16-12-17(2)30-25(29-16)32-24(31-22(33)15-35-23-6-4-5-10-26-23)27-11-9-18-14-28-21-8-7-19(34-3)13-20(18)21/h4-8,10,12-14,28H,9,11,15H2,1-3H3,(H2,27,29,30,31,32,33). The van der Waals surface area contributed by atoms with E-state index in [0.29, 0.717) is 24.9 Å². The maximum atomic E-state index is 12.6. The van der Waals surface area contributed by atoms with Gasteiger partial charge in [0.2, 0.25) is 17.8 Å². The summed E-state index contributed by atoms with van der Waals surface area (Å²) in [6, 6.07) is 13.4. The molecule has 0 aliphatic carbocycles. The number of aromatic nitrogens is 4. The minimum atomic E-state index is -0.201. The van der Waals surface area contributed by atoms with Crippen LogP contribution in [0.1, 0.15) is 17.0 Å². The Morgan fingerprint density at radius 1 is 1.14 bits per heavy atom. The van der Waals surface area contributed by atoms with Crippen LogP contribution in [0.15, 0.2) is 64.9 Å². The number of aromatic amines is 1. The highest BCUT2D eigenvalue weighted by Crippen LogP contribution is 2.24. The molecular weight excluding hydrogens is 462 g/mol. The van der Waals surface area contributed by atoms with E-state index < -0.39 is 0 Å². The predicted octanol–water partition coefficient (Wildman–Crippen LogP) is 3.90. The summed E-state index contributed by atoms with van der Waals surface area (Å²) in [6.45, 7) is 4.24. The average molecular weight is 490 g/mol. The Morgan fingerprint density at radius 3 is 2.71 bits per heavy atom. The van der Waals surface area contributed by atoms with Crippen LogP contribution in [0.5, 0.6) is 5.75 Å². The summed E-state index contributed by atoms with van der Waals surface area (Å²) in [5.74, 6) is 1.49. The molecule has 0 aliphatic rings. The highest BCUT2D eigenvalue weighted by atomic mass is 32.2. The molecule has 0 saturated heterocycles. The number of rotatable bonds is 8. The van der Waals surface area contributed by atoms with Gasteiger partial charge in [-0.3, -0.25) is 20.4 Å². The zero-order valence-corrected chi connectivity index (χ0v) is 20.6. The smallest absolute Gasteiger partial charge is 0.237 e. The number of H-pyrrole nitrogens is 1. The molecule has 0 fully saturated rings. The summed E-state index contributed by atoms with van der Waals surface area (Å²) in [6.07, 6.45) is 4.35. The number of aryl methyl sites for hydroxylation is 2. The van der Waals surface area contributed by atoms with Crippen molar-refractivity contribution < 1.29 is 9.53 Å². The highest BCUT2D eigenvalue weighted by molar-refractivity contribution is 7.99. The van der Waals surface area contributed by atoms with Crippen LogP contribution in [0.3, 0.4) is 0 Å². The van der Waals surface area contributed by atoms with Gasteiger partial charge in [-0.25, -0.2) is 15.0 Å². The van der Waals surface area contributed by atoms with Gasteiger partial charge < -0.3 is 9.72 Å². The molecule has 0 atom stereocenters. The van der Waals surface area contributed by atoms with Crippen LogP contribution in [-0.2, 0) is 11.2 Å². The molecule has 0 spiro atoms. The zero-order valence-electron chi connectivity index (χ0n) is 19.8. The highest BCUT2D eigenvalue weighted by Gasteiger charge is 2.11. The van der Waals surface area contributed by atoms with Gasteiger partial charge in [-0.2, -0.15) is 0 Å². The third-order valence-corrected chi connectivity index (χ3v) is 6.03. The van der Waals surface area contributed by atoms with E-state index in [4.69, 9.17) is 4.74 Å². The number of aliphatic imine (C=N–C) groups is 1. The number of thioether (sulfide) groups is 1. The Labute approximate surface area is 207 Å². The molecule has 0 unspecified atom stereocenters. The molecule has 4 aromatic rings. The molecule has 35 heavy (non-hydrogen) atoms. The maximum Gasteiger partial charge on any atom is 0.237 e. The fourth-order valence-corrected chi connectivity index (χ4v) is 4.18. The number of guanidine groups is 1. The van der Waals surface area contributed by atoms with E-state index in [2.05, 4.69) is 35.6 Å². The van der Waals surface area contributed by atoms with Gasteiger partial charge in [0.05, 0.1) is 17.9 Å². The van der Waals surface area contributed by atoms with E-state index in [1.165, 1.54) is 11.8 Å². The molecule has 4 rings (SSSR count). The molecule has 3 N–H and O–H groups in total. The second-order valence-electron chi connectivity index (χ2n) is 7.81. The SMILES string of the molecule is COc1ccc2[nH]cc(CCN=C(NC(=O)CSc3ccccn3)Nc3nc(C)cc(C)n3)c2c1. The van der Waals surface area contributed by atoms with Gasteiger partial charge in [0.15, 0.2) is 0 Å². The summed E-state index contributed by atoms with van der Waals surface area (Å²) < 4.78 is 5.35. The quantitative estimate of drug-likeness (QED) is 0.195. The molecular formula is C25H27N7O2S. The average Bonchev–Trinajstić information content (AvgIpc) is 3.25. The van der Waals surface area contributed by atoms with Gasteiger partial charge in [0.25, 0.3) is 0 Å². The Morgan fingerprint density at radius 2 is 1.97 bits per heavy atom. The van der Waals surface area contributed by atoms with Gasteiger partial charge in [-0.05, 0) is 62.2 Å². The molecule has 1 aromatic carbocycles. The number of anilines is 1. The molecule has 9 nitrogen and oxygen atoms in total. The van der Waals surface area contributed by atoms with Gasteiger partial charge >= 0.3 is 0 Å². The van der Waals surface area contributed by atoms with Crippen LogP contribution in [0.25, 0.3) is 10.9 Å². The first kappa shape index (κ1) is 24.2.